The molecular formula is C16H22N2O3. The molecule has 0 saturated carbocycles. The van der Waals surface area contributed by atoms with Gasteiger partial charge < -0.3 is 15.4 Å². The Morgan fingerprint density at radius 3 is 2.48 bits per heavy atom. The van der Waals surface area contributed by atoms with Crippen LogP contribution in [0.4, 0.5) is 0 Å². The monoisotopic (exact) mass is 290 g/mol. The van der Waals surface area contributed by atoms with Gasteiger partial charge >= 0.3 is 0 Å². The highest BCUT2D eigenvalue weighted by Crippen LogP contribution is 2.14. The van der Waals surface area contributed by atoms with E-state index in [0.29, 0.717) is 19.8 Å². The lowest BCUT2D eigenvalue weighted by Gasteiger charge is -2.21. The molecule has 114 valence electrons. The van der Waals surface area contributed by atoms with E-state index in [-0.39, 0.29) is 24.3 Å². The van der Waals surface area contributed by atoms with Crippen LogP contribution in [0, 0.1) is 12.8 Å². The molecule has 0 bridgehead atoms. The van der Waals surface area contributed by atoms with Gasteiger partial charge in [-0.3, -0.25) is 9.59 Å². The molecule has 1 aromatic rings. The Morgan fingerprint density at radius 1 is 1.14 bits per heavy atom. The van der Waals surface area contributed by atoms with Gasteiger partial charge in [-0.2, -0.15) is 0 Å². The van der Waals surface area contributed by atoms with Crippen molar-refractivity contribution in [3.63, 3.8) is 0 Å². The van der Waals surface area contributed by atoms with Crippen LogP contribution in [0.5, 0.6) is 0 Å². The van der Waals surface area contributed by atoms with Crippen LogP contribution in [0.1, 0.15) is 24.0 Å². The van der Waals surface area contributed by atoms with Crippen LogP contribution in [-0.2, 0) is 20.9 Å². The Kier molecular flexibility index (Phi) is 5.75. The number of ether oxygens (including phenoxy) is 1. The lowest BCUT2D eigenvalue weighted by molar-refractivity contribution is -0.130. The van der Waals surface area contributed by atoms with Gasteiger partial charge in [-0.25, -0.2) is 0 Å². The Labute approximate surface area is 125 Å². The van der Waals surface area contributed by atoms with E-state index in [4.69, 9.17) is 4.74 Å². The van der Waals surface area contributed by atoms with Crippen molar-refractivity contribution in [2.45, 2.75) is 26.3 Å². The molecule has 0 spiro atoms. The first-order valence-corrected chi connectivity index (χ1v) is 7.33. The van der Waals surface area contributed by atoms with Gasteiger partial charge in [0.15, 0.2) is 0 Å². The second-order valence-electron chi connectivity index (χ2n) is 5.37. The number of rotatable bonds is 5. The standard InChI is InChI=1S/C16H22N2O3/c1-12-2-4-13(5-3-12)10-17-15(19)11-18-16(20)14-6-8-21-9-7-14/h2-5,14H,6-11H2,1H3,(H,17,19)(H,18,20). The number of nitrogens with one attached hydrogen (secondary N) is 2. The fourth-order valence-electron chi connectivity index (χ4n) is 2.24. The summed E-state index contributed by atoms with van der Waals surface area (Å²) >= 11 is 0. The summed E-state index contributed by atoms with van der Waals surface area (Å²) in [5, 5.41) is 5.49. The van der Waals surface area contributed by atoms with Crippen LogP contribution in [0.15, 0.2) is 24.3 Å². The first-order valence-electron chi connectivity index (χ1n) is 7.33. The summed E-state index contributed by atoms with van der Waals surface area (Å²) in [6.45, 7) is 3.78. The molecular weight excluding hydrogens is 268 g/mol. The molecule has 1 aromatic carbocycles. The minimum absolute atomic E-state index is 0.0244. The molecule has 2 N–H and O–H groups in total. The first-order chi connectivity index (χ1) is 10.1. The van der Waals surface area contributed by atoms with E-state index in [9.17, 15) is 9.59 Å². The number of carbonyl (C=O) groups is 2. The normalized spacial score (nSPS) is 15.5. The average Bonchev–Trinajstić information content (AvgIpc) is 2.53. The Hall–Kier alpha value is -1.88. The van der Waals surface area contributed by atoms with Crippen LogP contribution in [0.3, 0.4) is 0 Å². The van der Waals surface area contributed by atoms with Crippen LogP contribution >= 0.6 is 0 Å². The molecule has 1 aliphatic rings. The fourth-order valence-corrected chi connectivity index (χ4v) is 2.24. The molecule has 1 fully saturated rings. The van der Waals surface area contributed by atoms with Crippen molar-refractivity contribution in [3.05, 3.63) is 35.4 Å². The molecule has 21 heavy (non-hydrogen) atoms. The number of hydrogen-bond donors (Lipinski definition) is 2. The van der Waals surface area contributed by atoms with Gasteiger partial charge in [0.05, 0.1) is 6.54 Å². The van der Waals surface area contributed by atoms with Gasteiger partial charge in [0, 0.05) is 25.7 Å². The number of benzene rings is 1. The van der Waals surface area contributed by atoms with E-state index >= 15 is 0 Å². The molecule has 1 aliphatic heterocycles. The summed E-state index contributed by atoms with van der Waals surface area (Å²) < 4.78 is 5.21. The quantitative estimate of drug-likeness (QED) is 0.855. The van der Waals surface area contributed by atoms with Crippen LogP contribution < -0.4 is 10.6 Å². The third-order valence-corrected chi connectivity index (χ3v) is 3.63. The van der Waals surface area contributed by atoms with E-state index in [2.05, 4.69) is 10.6 Å². The van der Waals surface area contributed by atoms with E-state index in [0.717, 1.165) is 18.4 Å². The van der Waals surface area contributed by atoms with Crippen molar-refractivity contribution in [1.29, 1.82) is 0 Å². The highest BCUT2D eigenvalue weighted by molar-refractivity contribution is 5.85. The van der Waals surface area contributed by atoms with Crippen molar-refractivity contribution in [3.8, 4) is 0 Å². The number of carbonyl (C=O) groups excluding carboxylic acids is 2. The zero-order valence-electron chi connectivity index (χ0n) is 12.4. The minimum atomic E-state index is -0.170. The second-order valence-corrected chi connectivity index (χ2v) is 5.37. The van der Waals surface area contributed by atoms with E-state index in [1.165, 1.54) is 5.56 Å². The Balaban J connectivity index is 1.67. The lowest BCUT2D eigenvalue weighted by Crippen LogP contribution is -2.40. The zero-order valence-corrected chi connectivity index (χ0v) is 12.4. The summed E-state index contributed by atoms with van der Waals surface area (Å²) in [6.07, 6.45) is 1.47. The number of aryl methyl sites for hydroxylation is 1. The van der Waals surface area contributed by atoms with Gasteiger partial charge in [0.25, 0.3) is 0 Å². The van der Waals surface area contributed by atoms with Gasteiger partial charge in [0.2, 0.25) is 11.8 Å². The minimum Gasteiger partial charge on any atom is -0.381 e. The predicted molar refractivity (Wildman–Crippen MR) is 79.6 cm³/mol. The van der Waals surface area contributed by atoms with Gasteiger partial charge in [-0.05, 0) is 25.3 Å². The molecule has 0 unspecified atom stereocenters. The molecule has 0 radical (unpaired) electrons. The summed E-state index contributed by atoms with van der Waals surface area (Å²) in [5.41, 5.74) is 2.23. The topological polar surface area (TPSA) is 67.4 Å². The average molecular weight is 290 g/mol. The van der Waals surface area contributed by atoms with Gasteiger partial charge in [-0.1, -0.05) is 29.8 Å². The summed E-state index contributed by atoms with van der Waals surface area (Å²) in [7, 11) is 0. The van der Waals surface area contributed by atoms with Crippen LogP contribution in [0.25, 0.3) is 0 Å². The molecule has 0 aromatic heterocycles. The molecule has 0 aliphatic carbocycles. The molecule has 1 heterocycles. The van der Waals surface area contributed by atoms with Crippen molar-refractivity contribution in [2.75, 3.05) is 19.8 Å². The molecule has 5 nitrogen and oxygen atoms in total. The smallest absolute Gasteiger partial charge is 0.239 e. The highest BCUT2D eigenvalue weighted by Gasteiger charge is 2.21. The Bertz CT molecular complexity index is 479. The van der Waals surface area contributed by atoms with E-state index < -0.39 is 0 Å². The second kappa shape index (κ2) is 7.78. The Morgan fingerprint density at radius 2 is 1.81 bits per heavy atom. The summed E-state index contributed by atoms with van der Waals surface area (Å²) in [6, 6.07) is 7.98. The fraction of sp³-hybridized carbons (Fsp3) is 0.500. The van der Waals surface area contributed by atoms with Crippen molar-refractivity contribution in [2.24, 2.45) is 5.92 Å². The maximum atomic E-state index is 11.9. The largest absolute Gasteiger partial charge is 0.381 e. The lowest BCUT2D eigenvalue weighted by atomic mass is 9.99. The molecule has 2 amide bonds. The zero-order chi connectivity index (χ0) is 15.1. The third kappa shape index (κ3) is 5.19. The predicted octanol–water partition coefficient (Wildman–Crippen LogP) is 1.15. The number of hydrogen-bond acceptors (Lipinski definition) is 3. The van der Waals surface area contributed by atoms with Crippen molar-refractivity contribution >= 4 is 11.8 Å². The molecule has 0 atom stereocenters. The maximum absolute atomic E-state index is 11.9. The van der Waals surface area contributed by atoms with Gasteiger partial charge in [-0.15, -0.1) is 0 Å². The third-order valence-electron chi connectivity index (χ3n) is 3.63. The summed E-state index contributed by atoms with van der Waals surface area (Å²) in [4.78, 5) is 23.6. The molecule has 2 rings (SSSR count). The van der Waals surface area contributed by atoms with Crippen LogP contribution in [0.2, 0.25) is 0 Å². The highest BCUT2D eigenvalue weighted by atomic mass is 16.5. The first kappa shape index (κ1) is 15.5. The SMILES string of the molecule is Cc1ccc(CNC(=O)CNC(=O)C2CCOCC2)cc1. The van der Waals surface area contributed by atoms with E-state index in [1.807, 2.05) is 31.2 Å². The van der Waals surface area contributed by atoms with Crippen molar-refractivity contribution < 1.29 is 14.3 Å². The van der Waals surface area contributed by atoms with Crippen molar-refractivity contribution in [1.82, 2.24) is 10.6 Å². The van der Waals surface area contributed by atoms with Gasteiger partial charge in [0.1, 0.15) is 0 Å². The molecule has 1 saturated heterocycles. The van der Waals surface area contributed by atoms with Crippen LogP contribution in [-0.4, -0.2) is 31.6 Å². The number of amides is 2. The summed E-state index contributed by atoms with van der Waals surface area (Å²) in [5.74, 6) is -0.247. The maximum Gasteiger partial charge on any atom is 0.239 e. The van der Waals surface area contributed by atoms with E-state index in [1.54, 1.807) is 0 Å². The molecule has 5 heteroatoms.